The van der Waals surface area contributed by atoms with E-state index in [1.54, 1.807) is 7.11 Å². The van der Waals surface area contributed by atoms with Gasteiger partial charge < -0.3 is 10.1 Å². The molecule has 1 N–H and O–H groups in total. The van der Waals surface area contributed by atoms with Gasteiger partial charge >= 0.3 is 0 Å². The van der Waals surface area contributed by atoms with E-state index in [4.69, 9.17) is 4.74 Å². The van der Waals surface area contributed by atoms with Crippen molar-refractivity contribution < 1.29 is 9.53 Å². The van der Waals surface area contributed by atoms with Crippen LogP contribution >= 0.6 is 15.9 Å². The summed E-state index contributed by atoms with van der Waals surface area (Å²) in [6.07, 6.45) is 5.86. The number of carbonyl (C=O) groups excluding carboxylic acids is 1. The van der Waals surface area contributed by atoms with Crippen LogP contribution in [-0.2, 0) is 0 Å². The Morgan fingerprint density at radius 3 is 2.52 bits per heavy atom. The molecule has 1 fully saturated rings. The number of nitrogens with one attached hydrogen (secondary N) is 1. The van der Waals surface area contributed by atoms with Crippen molar-refractivity contribution in [2.24, 2.45) is 0 Å². The number of benzene rings is 1. The van der Waals surface area contributed by atoms with Gasteiger partial charge in [-0.2, -0.15) is 0 Å². The topological polar surface area (TPSA) is 38.3 Å². The lowest BCUT2D eigenvalue weighted by Gasteiger charge is -2.23. The SMILES string of the molecule is COc1c(Br)cc(C(C)C)cc1C(=O)NC1CCCCC1. The van der Waals surface area contributed by atoms with E-state index in [0.29, 0.717) is 23.3 Å². The summed E-state index contributed by atoms with van der Waals surface area (Å²) < 4.78 is 6.25. The summed E-state index contributed by atoms with van der Waals surface area (Å²) in [5, 5.41) is 3.16. The molecular weight excluding hydrogens is 330 g/mol. The number of hydrogen-bond donors (Lipinski definition) is 1. The predicted octanol–water partition coefficient (Wildman–Crippen LogP) is 4.64. The highest BCUT2D eigenvalue weighted by Gasteiger charge is 2.21. The van der Waals surface area contributed by atoms with Crippen LogP contribution in [0.1, 0.15) is 67.8 Å². The van der Waals surface area contributed by atoms with Crippen molar-refractivity contribution in [3.05, 3.63) is 27.7 Å². The number of ether oxygens (including phenoxy) is 1. The van der Waals surface area contributed by atoms with Crippen LogP contribution in [0.25, 0.3) is 0 Å². The molecule has 1 aliphatic carbocycles. The van der Waals surface area contributed by atoms with Gasteiger partial charge in [0.2, 0.25) is 0 Å². The first-order chi connectivity index (χ1) is 10.0. The molecule has 1 aromatic carbocycles. The standard InChI is InChI=1S/C17H24BrNO2/c1-11(2)12-9-14(16(21-3)15(18)10-12)17(20)19-13-7-5-4-6-8-13/h9-11,13H,4-8H2,1-3H3,(H,19,20). The fourth-order valence-corrected chi connectivity index (χ4v) is 3.47. The lowest BCUT2D eigenvalue weighted by atomic mass is 9.95. The highest BCUT2D eigenvalue weighted by atomic mass is 79.9. The normalized spacial score (nSPS) is 16.0. The first-order valence-electron chi connectivity index (χ1n) is 7.71. The van der Waals surface area contributed by atoms with E-state index in [-0.39, 0.29) is 5.91 Å². The Kier molecular flexibility index (Phi) is 5.68. The van der Waals surface area contributed by atoms with Crippen molar-refractivity contribution in [2.45, 2.75) is 57.9 Å². The fourth-order valence-electron chi connectivity index (χ4n) is 2.83. The number of halogens is 1. The molecule has 1 aliphatic rings. The average molecular weight is 354 g/mol. The molecule has 1 aromatic rings. The summed E-state index contributed by atoms with van der Waals surface area (Å²) in [5.41, 5.74) is 1.76. The number of methoxy groups -OCH3 is 1. The quantitative estimate of drug-likeness (QED) is 0.855. The molecule has 4 heteroatoms. The van der Waals surface area contributed by atoms with Crippen molar-refractivity contribution in [3.63, 3.8) is 0 Å². The van der Waals surface area contributed by atoms with Crippen molar-refractivity contribution in [3.8, 4) is 5.75 Å². The van der Waals surface area contributed by atoms with E-state index < -0.39 is 0 Å². The highest BCUT2D eigenvalue weighted by molar-refractivity contribution is 9.10. The van der Waals surface area contributed by atoms with Crippen LogP contribution in [0.5, 0.6) is 5.75 Å². The van der Waals surface area contributed by atoms with E-state index in [1.165, 1.54) is 19.3 Å². The van der Waals surface area contributed by atoms with Gasteiger partial charge in [-0.3, -0.25) is 4.79 Å². The Morgan fingerprint density at radius 2 is 1.95 bits per heavy atom. The van der Waals surface area contributed by atoms with E-state index in [2.05, 4.69) is 35.1 Å². The molecule has 0 bridgehead atoms. The van der Waals surface area contributed by atoms with E-state index in [9.17, 15) is 4.79 Å². The molecule has 0 atom stereocenters. The lowest BCUT2D eigenvalue weighted by Crippen LogP contribution is -2.36. The zero-order chi connectivity index (χ0) is 15.4. The average Bonchev–Trinajstić information content (AvgIpc) is 2.47. The maximum Gasteiger partial charge on any atom is 0.255 e. The smallest absolute Gasteiger partial charge is 0.255 e. The Bertz CT molecular complexity index is 508. The molecule has 0 aromatic heterocycles. The summed E-state index contributed by atoms with van der Waals surface area (Å²) in [7, 11) is 1.60. The van der Waals surface area contributed by atoms with Crippen LogP contribution in [-0.4, -0.2) is 19.1 Å². The van der Waals surface area contributed by atoms with Gasteiger partial charge in [0, 0.05) is 6.04 Å². The van der Waals surface area contributed by atoms with Crippen LogP contribution in [0.2, 0.25) is 0 Å². The molecule has 1 saturated carbocycles. The fraction of sp³-hybridized carbons (Fsp3) is 0.588. The first-order valence-corrected chi connectivity index (χ1v) is 8.50. The second-order valence-corrected chi connectivity index (χ2v) is 6.90. The zero-order valence-corrected chi connectivity index (χ0v) is 14.6. The van der Waals surface area contributed by atoms with Crippen molar-refractivity contribution >= 4 is 21.8 Å². The van der Waals surface area contributed by atoms with Crippen LogP contribution in [0.3, 0.4) is 0 Å². The van der Waals surface area contributed by atoms with E-state index >= 15 is 0 Å². The Labute approximate surface area is 135 Å². The monoisotopic (exact) mass is 353 g/mol. The van der Waals surface area contributed by atoms with E-state index in [0.717, 1.165) is 22.9 Å². The molecule has 0 aliphatic heterocycles. The van der Waals surface area contributed by atoms with Crippen molar-refractivity contribution in [2.75, 3.05) is 7.11 Å². The Morgan fingerprint density at radius 1 is 1.29 bits per heavy atom. The van der Waals surface area contributed by atoms with Gasteiger partial charge in [0.1, 0.15) is 5.75 Å². The largest absolute Gasteiger partial charge is 0.495 e. The molecular formula is C17H24BrNO2. The van der Waals surface area contributed by atoms with Crippen molar-refractivity contribution in [1.82, 2.24) is 5.32 Å². The summed E-state index contributed by atoms with van der Waals surface area (Å²) >= 11 is 3.51. The number of carbonyl (C=O) groups is 1. The van der Waals surface area contributed by atoms with Gasteiger partial charge in [-0.05, 0) is 52.4 Å². The molecule has 21 heavy (non-hydrogen) atoms. The Balaban J connectivity index is 2.25. The second-order valence-electron chi connectivity index (χ2n) is 6.05. The van der Waals surface area contributed by atoms with Gasteiger partial charge in [0.05, 0.1) is 17.1 Å². The molecule has 0 saturated heterocycles. The van der Waals surface area contributed by atoms with Crippen LogP contribution in [0.4, 0.5) is 0 Å². The summed E-state index contributed by atoms with van der Waals surface area (Å²) in [4.78, 5) is 12.6. The number of hydrogen-bond acceptors (Lipinski definition) is 2. The minimum atomic E-state index is -0.0260. The summed E-state index contributed by atoms with van der Waals surface area (Å²) in [6.45, 7) is 4.24. The number of amides is 1. The highest BCUT2D eigenvalue weighted by Crippen LogP contribution is 2.33. The maximum absolute atomic E-state index is 12.6. The second kappa shape index (κ2) is 7.30. The maximum atomic E-state index is 12.6. The van der Waals surface area contributed by atoms with E-state index in [1.807, 2.05) is 12.1 Å². The van der Waals surface area contributed by atoms with Crippen LogP contribution in [0, 0.1) is 0 Å². The minimum Gasteiger partial charge on any atom is -0.495 e. The molecule has 3 nitrogen and oxygen atoms in total. The van der Waals surface area contributed by atoms with Gasteiger partial charge in [-0.1, -0.05) is 33.1 Å². The molecule has 2 rings (SSSR count). The summed E-state index contributed by atoms with van der Waals surface area (Å²) in [6, 6.07) is 4.28. The van der Waals surface area contributed by atoms with Gasteiger partial charge in [-0.15, -0.1) is 0 Å². The van der Waals surface area contributed by atoms with Crippen LogP contribution < -0.4 is 10.1 Å². The molecule has 0 spiro atoms. The summed E-state index contributed by atoms with van der Waals surface area (Å²) in [5.74, 6) is 0.961. The van der Waals surface area contributed by atoms with Gasteiger partial charge in [0.25, 0.3) is 5.91 Å². The van der Waals surface area contributed by atoms with Crippen LogP contribution in [0.15, 0.2) is 16.6 Å². The predicted molar refractivity (Wildman–Crippen MR) is 89.1 cm³/mol. The number of rotatable bonds is 4. The first kappa shape index (κ1) is 16.3. The minimum absolute atomic E-state index is 0.0260. The molecule has 116 valence electrons. The molecule has 1 amide bonds. The third kappa shape index (κ3) is 4.00. The molecule has 0 unspecified atom stereocenters. The molecule has 0 heterocycles. The Hall–Kier alpha value is -1.03. The molecule has 0 radical (unpaired) electrons. The van der Waals surface area contributed by atoms with Gasteiger partial charge in [0.15, 0.2) is 0 Å². The van der Waals surface area contributed by atoms with Crippen molar-refractivity contribution in [1.29, 1.82) is 0 Å². The lowest BCUT2D eigenvalue weighted by molar-refractivity contribution is 0.0924. The zero-order valence-electron chi connectivity index (χ0n) is 13.0. The third-order valence-corrected chi connectivity index (χ3v) is 4.71. The van der Waals surface area contributed by atoms with Gasteiger partial charge in [-0.25, -0.2) is 0 Å². The third-order valence-electron chi connectivity index (χ3n) is 4.12.